The molecule has 1 N–H and O–H groups in total. The molecule has 0 bridgehead atoms. The topological polar surface area (TPSA) is 29.1 Å². The second kappa shape index (κ2) is 5.99. The molecule has 0 heterocycles. The fourth-order valence-corrected chi connectivity index (χ4v) is 3.42. The van der Waals surface area contributed by atoms with Crippen molar-refractivity contribution in [3.8, 4) is 0 Å². The van der Waals surface area contributed by atoms with Gasteiger partial charge in [0, 0.05) is 15.4 Å². The summed E-state index contributed by atoms with van der Waals surface area (Å²) in [6.45, 7) is 0. The zero-order chi connectivity index (χ0) is 15.0. The van der Waals surface area contributed by atoms with Gasteiger partial charge in [0.15, 0.2) is 0 Å². The summed E-state index contributed by atoms with van der Waals surface area (Å²) in [6.07, 6.45) is 0.823. The molecule has 2 aromatic carbocycles. The van der Waals surface area contributed by atoms with E-state index < -0.39 is 0 Å². The van der Waals surface area contributed by atoms with Gasteiger partial charge >= 0.3 is 0 Å². The van der Waals surface area contributed by atoms with Crippen LogP contribution in [-0.2, 0) is 4.79 Å². The highest BCUT2D eigenvalue weighted by Crippen LogP contribution is 2.50. The molecular formula is C16H12BrCl2NO. The first kappa shape index (κ1) is 14.9. The van der Waals surface area contributed by atoms with Gasteiger partial charge in [0.05, 0.1) is 10.7 Å². The van der Waals surface area contributed by atoms with Crippen LogP contribution in [0.25, 0.3) is 0 Å². The third kappa shape index (κ3) is 3.25. The lowest BCUT2D eigenvalue weighted by Crippen LogP contribution is -2.14. The van der Waals surface area contributed by atoms with Crippen molar-refractivity contribution in [3.63, 3.8) is 0 Å². The van der Waals surface area contributed by atoms with Gasteiger partial charge in [-0.1, -0.05) is 57.3 Å². The molecule has 0 saturated heterocycles. The van der Waals surface area contributed by atoms with Gasteiger partial charge in [0.2, 0.25) is 5.91 Å². The van der Waals surface area contributed by atoms with Crippen molar-refractivity contribution in [2.75, 3.05) is 5.32 Å². The van der Waals surface area contributed by atoms with E-state index in [2.05, 4.69) is 21.2 Å². The summed E-state index contributed by atoms with van der Waals surface area (Å²) in [5.41, 5.74) is 1.68. The van der Waals surface area contributed by atoms with E-state index in [0.717, 1.165) is 21.5 Å². The number of benzene rings is 2. The van der Waals surface area contributed by atoms with Crippen LogP contribution in [-0.4, -0.2) is 5.91 Å². The normalized spacial score (nSPS) is 20.1. The van der Waals surface area contributed by atoms with Crippen LogP contribution in [0, 0.1) is 5.92 Å². The van der Waals surface area contributed by atoms with Crippen LogP contribution in [0.3, 0.4) is 0 Å². The molecule has 3 rings (SSSR count). The van der Waals surface area contributed by atoms with Crippen molar-refractivity contribution in [1.82, 2.24) is 0 Å². The minimum absolute atomic E-state index is 0.0101. The van der Waals surface area contributed by atoms with Gasteiger partial charge in [-0.2, -0.15) is 0 Å². The molecule has 1 aliphatic carbocycles. The van der Waals surface area contributed by atoms with Crippen LogP contribution < -0.4 is 5.32 Å². The molecule has 5 heteroatoms. The van der Waals surface area contributed by atoms with E-state index in [1.165, 1.54) is 0 Å². The molecule has 2 nitrogen and oxygen atoms in total. The number of hydrogen-bond acceptors (Lipinski definition) is 1. The van der Waals surface area contributed by atoms with E-state index >= 15 is 0 Å². The summed E-state index contributed by atoms with van der Waals surface area (Å²) >= 11 is 15.6. The Labute approximate surface area is 141 Å². The number of hydrogen-bond donors (Lipinski definition) is 1. The van der Waals surface area contributed by atoms with Gasteiger partial charge in [-0.15, -0.1) is 0 Å². The van der Waals surface area contributed by atoms with Crippen molar-refractivity contribution in [2.24, 2.45) is 5.92 Å². The van der Waals surface area contributed by atoms with Crippen LogP contribution in [0.2, 0.25) is 10.0 Å². The fourth-order valence-electron chi connectivity index (χ4n) is 2.42. The summed E-state index contributed by atoms with van der Waals surface area (Å²) in [4.78, 5) is 12.3. The quantitative estimate of drug-likeness (QED) is 0.743. The van der Waals surface area contributed by atoms with Crippen molar-refractivity contribution in [1.29, 1.82) is 0 Å². The molecule has 21 heavy (non-hydrogen) atoms. The Morgan fingerprint density at radius 1 is 1.14 bits per heavy atom. The summed E-state index contributed by atoms with van der Waals surface area (Å²) in [5, 5.41) is 4.13. The molecule has 2 aromatic rings. The second-order valence-corrected chi connectivity index (χ2v) is 6.81. The summed E-state index contributed by atoms with van der Waals surface area (Å²) in [7, 11) is 0. The van der Waals surface area contributed by atoms with Crippen molar-refractivity contribution < 1.29 is 4.79 Å². The van der Waals surface area contributed by atoms with Crippen LogP contribution in [0.15, 0.2) is 46.9 Å². The number of carbonyl (C=O) groups is 1. The zero-order valence-electron chi connectivity index (χ0n) is 10.9. The number of rotatable bonds is 3. The Morgan fingerprint density at radius 3 is 2.62 bits per heavy atom. The molecule has 0 spiro atoms. The van der Waals surface area contributed by atoms with Gasteiger partial charge < -0.3 is 5.32 Å². The molecule has 1 saturated carbocycles. The Kier molecular flexibility index (Phi) is 4.25. The summed E-state index contributed by atoms with van der Waals surface area (Å²) < 4.78 is 0.880. The Bertz CT molecular complexity index is 704. The molecule has 2 atom stereocenters. The maximum Gasteiger partial charge on any atom is 0.228 e. The number of amides is 1. The van der Waals surface area contributed by atoms with Gasteiger partial charge in [-0.3, -0.25) is 4.79 Å². The predicted octanol–water partition coefficient (Wildman–Crippen LogP) is 5.50. The first-order valence-electron chi connectivity index (χ1n) is 6.56. The molecule has 108 valence electrons. The highest BCUT2D eigenvalue weighted by molar-refractivity contribution is 9.10. The minimum atomic E-state index is -0.0374. The van der Waals surface area contributed by atoms with Crippen LogP contribution in [0.1, 0.15) is 17.9 Å². The minimum Gasteiger partial charge on any atom is -0.325 e. The molecule has 1 amide bonds. The maximum absolute atomic E-state index is 12.3. The molecule has 0 radical (unpaired) electrons. The monoisotopic (exact) mass is 383 g/mol. The number of halogens is 3. The van der Waals surface area contributed by atoms with E-state index in [1.54, 1.807) is 12.1 Å². The number of anilines is 1. The van der Waals surface area contributed by atoms with Crippen molar-refractivity contribution in [3.05, 3.63) is 62.5 Å². The molecule has 0 aromatic heterocycles. The SMILES string of the molecule is O=C(Nc1ccc(Br)cc1Cl)C1CC1c1ccccc1Cl. The highest BCUT2D eigenvalue weighted by atomic mass is 79.9. The second-order valence-electron chi connectivity index (χ2n) is 5.08. The first-order chi connectivity index (χ1) is 10.1. The van der Waals surface area contributed by atoms with Gasteiger partial charge in [-0.05, 0) is 42.2 Å². The van der Waals surface area contributed by atoms with Crippen molar-refractivity contribution in [2.45, 2.75) is 12.3 Å². The largest absolute Gasteiger partial charge is 0.325 e. The van der Waals surface area contributed by atoms with E-state index in [0.29, 0.717) is 10.7 Å². The highest BCUT2D eigenvalue weighted by Gasteiger charge is 2.44. The van der Waals surface area contributed by atoms with E-state index in [1.807, 2.05) is 30.3 Å². The van der Waals surface area contributed by atoms with E-state index in [-0.39, 0.29) is 17.7 Å². The van der Waals surface area contributed by atoms with Gasteiger partial charge in [-0.25, -0.2) is 0 Å². The first-order valence-corrected chi connectivity index (χ1v) is 8.11. The summed E-state index contributed by atoms with van der Waals surface area (Å²) in [6, 6.07) is 13.1. The predicted molar refractivity (Wildman–Crippen MR) is 90.1 cm³/mol. The lowest BCUT2D eigenvalue weighted by Gasteiger charge is -2.08. The van der Waals surface area contributed by atoms with E-state index in [4.69, 9.17) is 23.2 Å². The average Bonchev–Trinajstić information content (AvgIpc) is 3.23. The Balaban J connectivity index is 1.70. The smallest absolute Gasteiger partial charge is 0.228 e. The van der Waals surface area contributed by atoms with Crippen LogP contribution in [0.4, 0.5) is 5.69 Å². The molecule has 1 aliphatic rings. The number of carbonyl (C=O) groups excluding carboxylic acids is 1. The van der Waals surface area contributed by atoms with E-state index in [9.17, 15) is 4.79 Å². The fraction of sp³-hybridized carbons (Fsp3) is 0.188. The molecule has 1 fully saturated rings. The maximum atomic E-state index is 12.3. The van der Waals surface area contributed by atoms with Gasteiger partial charge in [0.25, 0.3) is 0 Å². The summed E-state index contributed by atoms with van der Waals surface area (Å²) in [5.74, 6) is 0.154. The van der Waals surface area contributed by atoms with Crippen molar-refractivity contribution >= 4 is 50.7 Å². The molecular weight excluding hydrogens is 373 g/mol. The average molecular weight is 385 g/mol. The lowest BCUT2D eigenvalue weighted by atomic mass is 10.1. The molecule has 0 aliphatic heterocycles. The zero-order valence-corrected chi connectivity index (χ0v) is 14.0. The third-order valence-corrected chi connectivity index (χ3v) is 4.77. The van der Waals surface area contributed by atoms with Crippen LogP contribution in [0.5, 0.6) is 0 Å². The lowest BCUT2D eigenvalue weighted by molar-refractivity contribution is -0.117. The van der Waals surface area contributed by atoms with Crippen LogP contribution >= 0.6 is 39.1 Å². The molecule has 2 unspecified atom stereocenters. The standard InChI is InChI=1S/C16H12BrCl2NO/c17-9-5-6-15(14(19)7-9)20-16(21)12-8-11(12)10-3-1-2-4-13(10)18/h1-7,11-12H,8H2,(H,20,21). The van der Waals surface area contributed by atoms with Gasteiger partial charge in [0.1, 0.15) is 0 Å². The third-order valence-electron chi connectivity index (χ3n) is 3.62. The Morgan fingerprint density at radius 2 is 1.90 bits per heavy atom. The number of nitrogens with one attached hydrogen (secondary N) is 1. The Hall–Kier alpha value is -1.03.